The number of benzene rings is 2. The first-order valence-corrected chi connectivity index (χ1v) is 11.0. The Hall–Kier alpha value is -4.32. The normalized spacial score (nSPS) is 16.9. The summed E-state index contributed by atoms with van der Waals surface area (Å²) in [5.74, 6) is -4.01. The van der Waals surface area contributed by atoms with Crippen LogP contribution in [-0.2, 0) is 4.79 Å². The number of nitriles is 1. The minimum absolute atomic E-state index is 0.157. The zero-order valence-corrected chi connectivity index (χ0v) is 18.5. The van der Waals surface area contributed by atoms with Gasteiger partial charge in [0.05, 0.1) is 23.6 Å². The molecule has 0 spiro atoms. The second-order valence-corrected chi connectivity index (χ2v) is 8.54. The molecule has 0 bridgehead atoms. The summed E-state index contributed by atoms with van der Waals surface area (Å²) in [4.78, 5) is 39.1. The Kier molecular flexibility index (Phi) is 5.65. The molecule has 35 heavy (non-hydrogen) atoms. The fourth-order valence-corrected chi connectivity index (χ4v) is 4.43. The fourth-order valence-electron chi connectivity index (χ4n) is 4.43. The van der Waals surface area contributed by atoms with Gasteiger partial charge >= 0.3 is 0 Å². The summed E-state index contributed by atoms with van der Waals surface area (Å²) < 4.78 is 27.3. The van der Waals surface area contributed by atoms with Crippen LogP contribution < -0.4 is 0 Å². The molecule has 3 heterocycles. The van der Waals surface area contributed by atoms with Crippen molar-refractivity contribution >= 4 is 33.5 Å². The molecule has 9 heteroatoms. The lowest BCUT2D eigenvalue weighted by atomic mass is 9.97. The predicted octanol–water partition coefficient (Wildman–Crippen LogP) is 4.57. The quantitative estimate of drug-likeness (QED) is 0.396. The highest BCUT2D eigenvalue weighted by molar-refractivity contribution is 6.08. The number of pyridine rings is 1. The van der Waals surface area contributed by atoms with Crippen LogP contribution >= 0.6 is 0 Å². The second-order valence-electron chi connectivity index (χ2n) is 8.54. The van der Waals surface area contributed by atoms with Gasteiger partial charge in [0.15, 0.2) is 5.78 Å². The van der Waals surface area contributed by atoms with Gasteiger partial charge in [-0.15, -0.1) is 0 Å². The minimum Gasteiger partial charge on any atom is -0.320 e. The Labute approximate surface area is 199 Å². The van der Waals surface area contributed by atoms with Crippen molar-refractivity contribution in [3.05, 3.63) is 66.7 Å². The smallest absolute Gasteiger partial charge is 0.268 e. The van der Waals surface area contributed by atoms with Crippen LogP contribution in [0.4, 0.5) is 8.78 Å². The van der Waals surface area contributed by atoms with Crippen molar-refractivity contribution in [2.24, 2.45) is 0 Å². The molecule has 1 aliphatic rings. The van der Waals surface area contributed by atoms with Crippen LogP contribution in [0.25, 0.3) is 32.9 Å². The molecule has 1 fully saturated rings. The number of rotatable bonds is 5. The van der Waals surface area contributed by atoms with Crippen molar-refractivity contribution in [3.63, 3.8) is 0 Å². The lowest BCUT2D eigenvalue weighted by molar-refractivity contribution is -0.132. The number of nitrogens with zero attached hydrogens (tertiary/aromatic N) is 5. The number of carbonyl (C=O) groups excluding carboxylic acids is 2. The number of halogens is 2. The molecule has 5 rings (SSSR count). The van der Waals surface area contributed by atoms with Crippen molar-refractivity contribution in [3.8, 4) is 17.2 Å². The van der Waals surface area contributed by atoms with E-state index in [0.29, 0.717) is 16.5 Å². The van der Waals surface area contributed by atoms with Gasteiger partial charge in [-0.3, -0.25) is 14.6 Å². The Morgan fingerprint density at radius 3 is 2.63 bits per heavy atom. The summed E-state index contributed by atoms with van der Waals surface area (Å²) in [6.07, 6.45) is 3.66. The first kappa shape index (κ1) is 22.5. The first-order chi connectivity index (χ1) is 16.8. The van der Waals surface area contributed by atoms with E-state index in [0.717, 1.165) is 26.9 Å². The highest BCUT2D eigenvalue weighted by atomic mass is 19.3. The maximum Gasteiger partial charge on any atom is 0.268 e. The molecule has 7 nitrogen and oxygen atoms in total. The Morgan fingerprint density at radius 1 is 1.06 bits per heavy atom. The van der Waals surface area contributed by atoms with Crippen LogP contribution in [0.5, 0.6) is 0 Å². The van der Waals surface area contributed by atoms with Crippen LogP contribution in [0.2, 0.25) is 0 Å². The van der Waals surface area contributed by atoms with Crippen molar-refractivity contribution in [1.29, 1.82) is 5.26 Å². The fraction of sp³-hybridized carbons (Fsp3) is 0.231. The van der Waals surface area contributed by atoms with Crippen LogP contribution in [-0.4, -0.2) is 50.1 Å². The molecule has 1 saturated heterocycles. The average molecular weight is 471 g/mol. The third-order valence-electron chi connectivity index (χ3n) is 6.19. The van der Waals surface area contributed by atoms with Crippen LogP contribution in [0.3, 0.4) is 0 Å². The van der Waals surface area contributed by atoms with Gasteiger partial charge in [0.1, 0.15) is 12.4 Å². The second kappa shape index (κ2) is 8.80. The van der Waals surface area contributed by atoms with E-state index in [-0.39, 0.29) is 18.6 Å². The molecule has 4 aromatic rings. The standard InChI is InChI=1S/C26H19F2N5O2/c27-26(28)11-19(12-29)33(14-26)25(35)6-5-24(34)20-7-8-31-23-4-2-17(10-21(20)23)16-1-3-22-18(9-16)13-30-15-32-22/h1-4,7-10,13,15,19H,5-6,11,14H2/t19-/m0/s1. The molecule has 0 unspecified atom stereocenters. The van der Waals surface area contributed by atoms with E-state index < -0.39 is 30.8 Å². The van der Waals surface area contributed by atoms with Crippen LogP contribution in [0.1, 0.15) is 29.6 Å². The topological polar surface area (TPSA) is 99.8 Å². The minimum atomic E-state index is -3.09. The van der Waals surface area contributed by atoms with Gasteiger partial charge in [-0.25, -0.2) is 18.7 Å². The number of likely N-dealkylation sites (tertiary alicyclic amines) is 1. The summed E-state index contributed by atoms with van der Waals surface area (Å²) in [5.41, 5.74) is 3.64. The highest BCUT2D eigenvalue weighted by Crippen LogP contribution is 2.33. The van der Waals surface area contributed by atoms with E-state index in [9.17, 15) is 18.4 Å². The molecule has 1 amide bonds. The van der Waals surface area contributed by atoms with Gasteiger partial charge < -0.3 is 4.90 Å². The van der Waals surface area contributed by atoms with Crippen molar-refractivity contribution < 1.29 is 18.4 Å². The molecule has 2 aromatic heterocycles. The van der Waals surface area contributed by atoms with E-state index in [2.05, 4.69) is 15.0 Å². The highest BCUT2D eigenvalue weighted by Gasteiger charge is 2.47. The van der Waals surface area contributed by atoms with Gasteiger partial charge in [-0.2, -0.15) is 5.26 Å². The molecule has 0 radical (unpaired) electrons. The zero-order valence-electron chi connectivity index (χ0n) is 18.5. The lowest BCUT2D eigenvalue weighted by Crippen LogP contribution is -2.36. The molecule has 0 saturated carbocycles. The van der Waals surface area contributed by atoms with Gasteiger partial charge in [0.25, 0.3) is 5.92 Å². The zero-order chi connectivity index (χ0) is 24.6. The Balaban J connectivity index is 1.39. The third kappa shape index (κ3) is 4.43. The molecule has 0 N–H and O–H groups in total. The maximum absolute atomic E-state index is 13.7. The van der Waals surface area contributed by atoms with Gasteiger partial charge in [0.2, 0.25) is 5.91 Å². The third-order valence-corrected chi connectivity index (χ3v) is 6.19. The number of Topliss-reactive ketones (excluding diaryl/α,β-unsaturated/α-hetero) is 1. The van der Waals surface area contributed by atoms with E-state index in [1.807, 2.05) is 36.4 Å². The summed E-state index contributed by atoms with van der Waals surface area (Å²) in [7, 11) is 0. The molecule has 2 aromatic carbocycles. The predicted molar refractivity (Wildman–Crippen MR) is 125 cm³/mol. The molecule has 174 valence electrons. The first-order valence-electron chi connectivity index (χ1n) is 11.0. The SMILES string of the molecule is N#C[C@@H]1CC(F)(F)CN1C(=O)CCC(=O)c1ccnc2ccc(-c3ccc4ncncc4c3)cc12. The Bertz CT molecular complexity index is 1510. The maximum atomic E-state index is 13.7. The van der Waals surface area contributed by atoms with Crippen molar-refractivity contribution in [2.75, 3.05) is 6.54 Å². The molecule has 1 atom stereocenters. The van der Waals surface area contributed by atoms with Crippen LogP contribution in [0.15, 0.2) is 61.2 Å². The van der Waals surface area contributed by atoms with E-state index in [1.165, 1.54) is 12.5 Å². The van der Waals surface area contributed by atoms with Crippen molar-refractivity contribution in [2.45, 2.75) is 31.2 Å². The van der Waals surface area contributed by atoms with E-state index in [1.54, 1.807) is 18.3 Å². The molecular weight excluding hydrogens is 452 g/mol. The monoisotopic (exact) mass is 471 g/mol. The summed E-state index contributed by atoms with van der Waals surface area (Å²) in [5, 5.41) is 10.6. The van der Waals surface area contributed by atoms with Gasteiger partial charge in [-0.1, -0.05) is 12.1 Å². The number of hydrogen-bond acceptors (Lipinski definition) is 6. The molecular formula is C26H19F2N5O2. The summed E-state index contributed by atoms with van der Waals surface area (Å²) in [6.45, 7) is -0.795. The molecule has 0 aliphatic carbocycles. The number of aromatic nitrogens is 3. The van der Waals surface area contributed by atoms with E-state index in [4.69, 9.17) is 5.26 Å². The number of fused-ring (bicyclic) bond motifs is 2. The number of alkyl halides is 2. The van der Waals surface area contributed by atoms with Gasteiger partial charge in [-0.05, 0) is 41.5 Å². The average Bonchev–Trinajstić information content (AvgIpc) is 3.20. The summed E-state index contributed by atoms with van der Waals surface area (Å²) in [6, 6.07) is 13.6. The van der Waals surface area contributed by atoms with Gasteiger partial charge in [0, 0.05) is 48.0 Å². The van der Waals surface area contributed by atoms with Crippen LogP contribution in [0, 0.1) is 11.3 Å². The Morgan fingerprint density at radius 2 is 1.83 bits per heavy atom. The largest absolute Gasteiger partial charge is 0.320 e. The summed E-state index contributed by atoms with van der Waals surface area (Å²) >= 11 is 0. The number of hydrogen-bond donors (Lipinski definition) is 0. The number of ketones is 1. The molecule has 1 aliphatic heterocycles. The van der Waals surface area contributed by atoms with E-state index >= 15 is 0 Å². The number of amides is 1. The number of carbonyl (C=O) groups is 2. The van der Waals surface area contributed by atoms with Crippen molar-refractivity contribution in [1.82, 2.24) is 19.9 Å². The lowest BCUT2D eigenvalue weighted by Gasteiger charge is -2.18.